The minimum Gasteiger partial charge on any atom is -0.755 e. The largest absolute Gasteiger partial charge is 0.755 e. The number of carbonyl (C=O) groups is 2. The number of unbranched alkanes of at least 4 members (excludes halogenated alkanes) is 4. The van der Waals surface area contributed by atoms with Crippen molar-refractivity contribution in [1.29, 1.82) is 0 Å². The first-order chi connectivity index (χ1) is 19.0. The molecule has 1 aromatic heterocycles. The fourth-order valence-corrected chi connectivity index (χ4v) is 6.10. The summed E-state index contributed by atoms with van der Waals surface area (Å²) in [5, 5.41) is 0.268. The number of rotatable bonds is 14. The molecular formula is C27H34ClN4O6S2-. The monoisotopic (exact) mass is 609 g/mol. The molecule has 1 heterocycles. The van der Waals surface area contributed by atoms with Gasteiger partial charge in [0.1, 0.15) is 5.82 Å². The van der Waals surface area contributed by atoms with Gasteiger partial charge >= 0.3 is 0 Å². The van der Waals surface area contributed by atoms with Gasteiger partial charge < -0.3 is 9.12 Å². The third kappa shape index (κ3) is 8.12. The van der Waals surface area contributed by atoms with E-state index in [0.29, 0.717) is 35.3 Å². The third-order valence-electron chi connectivity index (χ3n) is 6.47. The summed E-state index contributed by atoms with van der Waals surface area (Å²) >= 11 is 3.82. The van der Waals surface area contributed by atoms with Gasteiger partial charge in [-0.15, -0.1) is 0 Å². The highest BCUT2D eigenvalue weighted by atomic mass is 35.5. The summed E-state index contributed by atoms with van der Waals surface area (Å²) in [4.78, 5) is 30.1. The molecule has 10 nitrogen and oxygen atoms in total. The van der Waals surface area contributed by atoms with Crippen LogP contribution in [0.25, 0.3) is 11.0 Å². The Kier molecular flexibility index (Phi) is 11.3. The normalized spacial score (nSPS) is 12.4. The van der Waals surface area contributed by atoms with E-state index in [1.807, 2.05) is 18.4 Å². The molecule has 13 heteroatoms. The van der Waals surface area contributed by atoms with Crippen molar-refractivity contribution in [1.82, 2.24) is 18.6 Å². The van der Waals surface area contributed by atoms with E-state index in [-0.39, 0.29) is 35.0 Å². The van der Waals surface area contributed by atoms with Gasteiger partial charge in [-0.05, 0) is 55.7 Å². The summed E-state index contributed by atoms with van der Waals surface area (Å²) in [6.07, 6.45) is 4.36. The number of amides is 2. The maximum absolute atomic E-state index is 12.8. The number of carbonyl (C=O) groups excluding carboxylic acids is 2. The number of aromatic nitrogens is 2. The summed E-state index contributed by atoms with van der Waals surface area (Å²) in [6.45, 7) is 6.09. The quantitative estimate of drug-likeness (QED) is 0.206. The van der Waals surface area contributed by atoms with E-state index in [1.54, 1.807) is 25.1 Å². The second-order valence-corrected chi connectivity index (χ2v) is 12.7. The molecule has 1 atom stereocenters. The van der Waals surface area contributed by atoms with E-state index in [2.05, 4.69) is 9.71 Å². The zero-order valence-corrected chi connectivity index (χ0v) is 25.2. The smallest absolute Gasteiger partial charge is 0.264 e. The fourth-order valence-electron chi connectivity index (χ4n) is 4.25. The van der Waals surface area contributed by atoms with E-state index in [1.165, 1.54) is 18.2 Å². The van der Waals surface area contributed by atoms with Crippen LogP contribution in [0.1, 0.15) is 84.5 Å². The number of nitrogens with zero attached hydrogens (tertiary/aromatic N) is 3. The van der Waals surface area contributed by atoms with Crippen molar-refractivity contribution in [2.45, 2.75) is 65.8 Å². The molecule has 0 aliphatic heterocycles. The van der Waals surface area contributed by atoms with Crippen LogP contribution in [-0.2, 0) is 27.8 Å². The second-order valence-electron chi connectivity index (χ2n) is 9.54. The maximum atomic E-state index is 12.8. The van der Waals surface area contributed by atoms with Crippen LogP contribution in [0.5, 0.6) is 0 Å². The van der Waals surface area contributed by atoms with E-state index in [9.17, 15) is 26.8 Å². The lowest BCUT2D eigenvalue weighted by Gasteiger charge is -2.24. The molecule has 1 unspecified atom stereocenters. The number of halogens is 1. The number of aryl methyl sites for hydroxylation is 1. The van der Waals surface area contributed by atoms with Gasteiger partial charge in [-0.25, -0.2) is 18.1 Å². The Morgan fingerprint density at radius 2 is 1.73 bits per heavy atom. The van der Waals surface area contributed by atoms with Gasteiger partial charge in [0, 0.05) is 34.0 Å². The third-order valence-corrected chi connectivity index (χ3v) is 8.85. The van der Waals surface area contributed by atoms with Crippen LogP contribution in [0.15, 0.2) is 36.4 Å². The Hall–Kier alpha value is -2.80. The Bertz CT molecular complexity index is 1510. The molecule has 0 fully saturated rings. The summed E-state index contributed by atoms with van der Waals surface area (Å²) in [7, 11) is -3.75. The lowest BCUT2D eigenvalue weighted by atomic mass is 10.1. The average Bonchev–Trinajstić information content (AvgIpc) is 3.21. The van der Waals surface area contributed by atoms with Crippen molar-refractivity contribution in [3.8, 4) is 0 Å². The van der Waals surface area contributed by atoms with Crippen molar-refractivity contribution < 1.29 is 26.8 Å². The first kappa shape index (κ1) is 31.7. The highest BCUT2D eigenvalue weighted by Gasteiger charge is 2.20. The van der Waals surface area contributed by atoms with Crippen LogP contribution in [0.2, 0.25) is 5.02 Å². The zero-order chi connectivity index (χ0) is 29.4. The highest BCUT2D eigenvalue weighted by Crippen LogP contribution is 2.25. The van der Waals surface area contributed by atoms with E-state index >= 15 is 0 Å². The van der Waals surface area contributed by atoms with Crippen molar-refractivity contribution in [3.05, 3.63) is 63.9 Å². The Labute approximate surface area is 242 Å². The molecule has 0 bridgehead atoms. The van der Waals surface area contributed by atoms with Crippen LogP contribution >= 0.6 is 11.6 Å². The summed E-state index contributed by atoms with van der Waals surface area (Å²) in [5.41, 5.74) is 2.20. The van der Waals surface area contributed by atoms with E-state index in [0.717, 1.165) is 30.0 Å². The van der Waals surface area contributed by atoms with Crippen LogP contribution in [0.3, 0.4) is 0 Å². The molecule has 3 rings (SSSR count). The number of hydrogen-bond donors (Lipinski definition) is 1. The molecule has 0 aliphatic carbocycles. The number of fused-ring (bicyclic) bond motifs is 1. The van der Waals surface area contributed by atoms with Crippen molar-refractivity contribution in [3.63, 3.8) is 0 Å². The lowest BCUT2D eigenvalue weighted by molar-refractivity contribution is 0.0856. The molecule has 2 amide bonds. The van der Waals surface area contributed by atoms with Gasteiger partial charge in [0.25, 0.3) is 11.8 Å². The SMILES string of the molecule is CCCCCN(C(=O)c1ccc(Cn2c(C)nc3ccc(C(=O)NS(=O)(=O)CCCCC)cc32)c(Cl)c1)S(=O)[O-]. The van der Waals surface area contributed by atoms with Gasteiger partial charge in [0.2, 0.25) is 10.0 Å². The zero-order valence-electron chi connectivity index (χ0n) is 22.8. The van der Waals surface area contributed by atoms with E-state index in [4.69, 9.17) is 11.6 Å². The maximum Gasteiger partial charge on any atom is 0.264 e. The molecule has 2 aromatic carbocycles. The minimum atomic E-state index is -3.75. The Morgan fingerprint density at radius 3 is 2.38 bits per heavy atom. The molecule has 0 radical (unpaired) electrons. The van der Waals surface area contributed by atoms with Crippen LogP contribution in [-0.4, -0.2) is 55.1 Å². The molecule has 1 N–H and O–H groups in total. The van der Waals surface area contributed by atoms with Crippen LogP contribution in [0.4, 0.5) is 0 Å². The van der Waals surface area contributed by atoms with Gasteiger partial charge in [-0.1, -0.05) is 57.2 Å². The Morgan fingerprint density at radius 1 is 1.05 bits per heavy atom. The number of benzene rings is 2. The number of imidazole rings is 1. The number of hydrogen-bond acceptors (Lipinski definition) is 7. The Balaban J connectivity index is 1.83. The first-order valence-corrected chi connectivity index (χ1v) is 16.2. The standard InChI is InChI=1S/C27H35ClN4O6S2/c1-4-6-8-14-32(39(35)36)27(34)21-10-11-22(23(28)16-21)18-31-19(3)29-24-13-12-20(17-25(24)31)26(33)30-40(37,38)15-9-7-5-2/h10-13,16-17H,4-9,14-15,18H2,1-3H3,(H,30,33)(H,35,36)/p-1. The summed E-state index contributed by atoms with van der Waals surface area (Å²) < 4.78 is 52.6. The average molecular weight is 610 g/mol. The predicted molar refractivity (Wildman–Crippen MR) is 155 cm³/mol. The van der Waals surface area contributed by atoms with Gasteiger partial charge in [-0.3, -0.25) is 18.1 Å². The van der Waals surface area contributed by atoms with Crippen LogP contribution < -0.4 is 4.72 Å². The van der Waals surface area contributed by atoms with Gasteiger partial charge in [-0.2, -0.15) is 0 Å². The molecule has 218 valence electrons. The highest BCUT2D eigenvalue weighted by molar-refractivity contribution is 7.90. The molecule has 0 spiro atoms. The molecule has 0 saturated heterocycles. The molecule has 40 heavy (non-hydrogen) atoms. The number of sulfonamides is 1. The minimum absolute atomic E-state index is 0.0956. The van der Waals surface area contributed by atoms with Gasteiger partial charge in [0.05, 0.1) is 23.3 Å². The lowest BCUT2D eigenvalue weighted by Crippen LogP contribution is -2.33. The molecule has 3 aromatic rings. The molecule has 0 aliphatic rings. The fraction of sp³-hybridized carbons (Fsp3) is 0.444. The summed E-state index contributed by atoms with van der Waals surface area (Å²) in [5.74, 6) is -0.851. The molecular weight excluding hydrogens is 576 g/mol. The van der Waals surface area contributed by atoms with Crippen LogP contribution in [0, 0.1) is 6.92 Å². The first-order valence-electron chi connectivity index (χ1n) is 13.2. The predicted octanol–water partition coefficient (Wildman–Crippen LogP) is 4.72. The second kappa shape index (κ2) is 14.2. The molecule has 0 saturated carbocycles. The van der Waals surface area contributed by atoms with Crippen molar-refractivity contribution >= 4 is 55.7 Å². The summed E-state index contributed by atoms with van der Waals surface area (Å²) in [6, 6.07) is 9.37. The number of nitrogens with one attached hydrogen (secondary N) is 1. The van der Waals surface area contributed by atoms with Crippen molar-refractivity contribution in [2.75, 3.05) is 12.3 Å². The topological polar surface area (TPSA) is 142 Å². The van der Waals surface area contributed by atoms with Gasteiger partial charge in [0.15, 0.2) is 0 Å². The van der Waals surface area contributed by atoms with E-state index < -0.39 is 33.1 Å². The van der Waals surface area contributed by atoms with Crippen molar-refractivity contribution in [2.24, 2.45) is 0 Å².